The highest BCUT2D eigenvalue weighted by Crippen LogP contribution is 2.38. The van der Waals surface area contributed by atoms with Crippen LogP contribution in [0.15, 0.2) is 48.6 Å². The monoisotopic (exact) mass is 1290 g/mol. The van der Waals surface area contributed by atoms with E-state index in [0.717, 1.165) is 44.9 Å². The zero-order chi connectivity index (χ0) is 65.5. The molecule has 0 heterocycles. The average molecular weight is 1290 g/mol. The molecule has 0 spiro atoms. The molecule has 0 radical (unpaired) electrons. The van der Waals surface area contributed by atoms with E-state index in [4.69, 9.17) is 18.5 Å². The Labute approximate surface area is 560 Å². The van der Waals surface area contributed by atoms with Gasteiger partial charge < -0.3 is 27.9 Å². The van der Waals surface area contributed by atoms with Gasteiger partial charge in [-0.3, -0.25) is 14.2 Å². The summed E-state index contributed by atoms with van der Waals surface area (Å²) in [6, 6.07) is 0. The Morgan fingerprint density at radius 3 is 0.878 bits per heavy atom. The molecule has 0 rings (SSSR count). The fourth-order valence-electron chi connectivity index (χ4n) is 11.8. The van der Waals surface area contributed by atoms with Crippen LogP contribution < -0.4 is 4.89 Å². The predicted molar refractivity (Wildman–Crippen MR) is 388 cm³/mol. The van der Waals surface area contributed by atoms with Gasteiger partial charge in [0.05, 0.1) is 27.7 Å². The molecular formula is C80H152NO8P. The highest BCUT2D eigenvalue weighted by atomic mass is 31.2. The average Bonchev–Trinajstić information content (AvgIpc) is 3.58. The number of nitrogens with zero attached hydrogens (tertiary/aromatic N) is 1. The second kappa shape index (κ2) is 71.3. The van der Waals surface area contributed by atoms with Crippen molar-refractivity contribution in [2.24, 2.45) is 0 Å². The molecule has 0 amide bonds. The summed E-state index contributed by atoms with van der Waals surface area (Å²) in [6.45, 7) is 4.29. The Kier molecular flexibility index (Phi) is 69.7. The summed E-state index contributed by atoms with van der Waals surface area (Å²) in [5, 5.41) is 0. The number of phosphoric ester groups is 1. The Morgan fingerprint density at radius 2 is 0.600 bits per heavy atom. The van der Waals surface area contributed by atoms with E-state index in [1.165, 1.54) is 321 Å². The first-order valence-corrected chi connectivity index (χ1v) is 40.8. The topological polar surface area (TPSA) is 111 Å². The minimum Gasteiger partial charge on any atom is -0.756 e. The van der Waals surface area contributed by atoms with E-state index in [1.807, 2.05) is 21.1 Å². The number of hydrogen-bond donors (Lipinski definition) is 0. The zero-order valence-electron chi connectivity index (χ0n) is 60.6. The fraction of sp³-hybridized carbons (Fsp3) is 0.875. The predicted octanol–water partition coefficient (Wildman–Crippen LogP) is 25.3. The normalized spacial score (nSPS) is 13.3. The summed E-state index contributed by atoms with van der Waals surface area (Å²) in [5.74, 6) is -0.811. The summed E-state index contributed by atoms with van der Waals surface area (Å²) < 4.78 is 34.4. The van der Waals surface area contributed by atoms with E-state index in [-0.39, 0.29) is 32.0 Å². The molecule has 90 heavy (non-hydrogen) atoms. The van der Waals surface area contributed by atoms with Gasteiger partial charge >= 0.3 is 11.9 Å². The smallest absolute Gasteiger partial charge is 0.306 e. The molecule has 10 heteroatoms. The van der Waals surface area contributed by atoms with Crippen LogP contribution in [-0.2, 0) is 32.7 Å². The van der Waals surface area contributed by atoms with Gasteiger partial charge in [-0.2, -0.15) is 0 Å². The molecule has 0 aliphatic carbocycles. The van der Waals surface area contributed by atoms with Gasteiger partial charge in [0, 0.05) is 12.8 Å². The van der Waals surface area contributed by atoms with Crippen molar-refractivity contribution < 1.29 is 42.1 Å². The second-order valence-corrected chi connectivity index (χ2v) is 29.5. The Bertz CT molecular complexity index is 1660. The lowest BCUT2D eigenvalue weighted by molar-refractivity contribution is -0.870. The molecule has 530 valence electrons. The molecule has 0 aromatic rings. The van der Waals surface area contributed by atoms with Gasteiger partial charge in [-0.15, -0.1) is 0 Å². The zero-order valence-corrected chi connectivity index (χ0v) is 61.5. The molecule has 0 aromatic carbocycles. The first-order valence-electron chi connectivity index (χ1n) is 39.3. The van der Waals surface area contributed by atoms with Gasteiger partial charge in [-0.1, -0.05) is 358 Å². The van der Waals surface area contributed by atoms with E-state index >= 15 is 0 Å². The summed E-state index contributed by atoms with van der Waals surface area (Å²) in [7, 11) is 1.19. The molecule has 0 aliphatic heterocycles. The number of ether oxygens (including phenoxy) is 2. The van der Waals surface area contributed by atoms with Crippen molar-refractivity contribution in [3.8, 4) is 0 Å². The number of rotatable bonds is 74. The number of hydrogen-bond acceptors (Lipinski definition) is 8. The van der Waals surface area contributed by atoms with Crippen molar-refractivity contribution >= 4 is 19.8 Å². The van der Waals surface area contributed by atoms with Crippen molar-refractivity contribution in [1.82, 2.24) is 0 Å². The largest absolute Gasteiger partial charge is 0.756 e. The number of unbranched alkanes of at least 4 members (excludes halogenated alkanes) is 52. The number of esters is 2. The van der Waals surface area contributed by atoms with E-state index < -0.39 is 26.5 Å². The third-order valence-electron chi connectivity index (χ3n) is 17.8. The molecule has 0 saturated carbocycles. The Hall–Kier alpha value is -2.03. The lowest BCUT2D eigenvalue weighted by atomic mass is 10.0. The van der Waals surface area contributed by atoms with Gasteiger partial charge in [0.25, 0.3) is 7.82 Å². The maximum Gasteiger partial charge on any atom is 0.306 e. The fourth-order valence-corrected chi connectivity index (χ4v) is 12.5. The molecule has 0 bridgehead atoms. The first-order chi connectivity index (χ1) is 44.0. The number of allylic oxidation sites excluding steroid dienone is 8. The van der Waals surface area contributed by atoms with Crippen LogP contribution in [0.5, 0.6) is 0 Å². The van der Waals surface area contributed by atoms with Crippen molar-refractivity contribution in [3.63, 3.8) is 0 Å². The quantitative estimate of drug-likeness (QED) is 0.0195. The third kappa shape index (κ3) is 75.0. The van der Waals surface area contributed by atoms with Crippen molar-refractivity contribution in [2.75, 3.05) is 47.5 Å². The minimum atomic E-state index is -4.64. The van der Waals surface area contributed by atoms with Gasteiger partial charge in [-0.25, -0.2) is 0 Å². The lowest BCUT2D eigenvalue weighted by Crippen LogP contribution is -2.37. The molecule has 0 fully saturated rings. The number of likely N-dealkylation sites (N-methyl/N-ethyl adjacent to an activating group) is 1. The maximum atomic E-state index is 12.9. The Balaban J connectivity index is 3.90. The van der Waals surface area contributed by atoms with Crippen LogP contribution in [0.25, 0.3) is 0 Å². The molecule has 2 atom stereocenters. The number of carbonyl (C=O) groups is 2. The highest BCUT2D eigenvalue weighted by molar-refractivity contribution is 7.45. The van der Waals surface area contributed by atoms with Gasteiger partial charge in [0.1, 0.15) is 19.8 Å². The van der Waals surface area contributed by atoms with Gasteiger partial charge in [-0.05, 0) is 77.0 Å². The SMILES string of the molecule is CCCCCCC/C=C\C/C=C\CCCCCCCCCCCCCCCCCCCCCCCCCCCCCC(=O)OC(COC(=O)CCCCCCCCCCCCCCCCC/C=C\C/C=C\CCCCCCC)COP(=O)([O-])OCC[N+](C)(C)C. The highest BCUT2D eigenvalue weighted by Gasteiger charge is 2.22. The maximum absolute atomic E-state index is 12.9. The van der Waals surface area contributed by atoms with Crippen LogP contribution >= 0.6 is 7.82 Å². The van der Waals surface area contributed by atoms with E-state index in [1.54, 1.807) is 0 Å². The van der Waals surface area contributed by atoms with Gasteiger partial charge in [0.2, 0.25) is 0 Å². The van der Waals surface area contributed by atoms with Crippen LogP contribution in [-0.4, -0.2) is 70.0 Å². The molecule has 0 aliphatic rings. The minimum absolute atomic E-state index is 0.0283. The second-order valence-electron chi connectivity index (χ2n) is 28.1. The van der Waals surface area contributed by atoms with Crippen molar-refractivity contribution in [3.05, 3.63) is 48.6 Å². The third-order valence-corrected chi connectivity index (χ3v) is 18.8. The number of quaternary nitrogens is 1. The van der Waals surface area contributed by atoms with Crippen LogP contribution in [0, 0.1) is 0 Å². The van der Waals surface area contributed by atoms with E-state index in [9.17, 15) is 19.0 Å². The summed E-state index contributed by atoms with van der Waals surface area (Å²) in [6.07, 6.45) is 93.8. The molecular weight excluding hydrogens is 1130 g/mol. The lowest BCUT2D eigenvalue weighted by Gasteiger charge is -2.28. The molecule has 9 nitrogen and oxygen atoms in total. The van der Waals surface area contributed by atoms with Crippen LogP contribution in [0.1, 0.15) is 399 Å². The number of phosphoric acid groups is 1. The van der Waals surface area contributed by atoms with E-state index in [2.05, 4.69) is 62.5 Å². The molecule has 0 aromatic heterocycles. The Morgan fingerprint density at radius 1 is 0.344 bits per heavy atom. The van der Waals surface area contributed by atoms with Crippen LogP contribution in [0.3, 0.4) is 0 Å². The van der Waals surface area contributed by atoms with Gasteiger partial charge in [0.15, 0.2) is 6.10 Å². The molecule has 2 unspecified atom stereocenters. The molecule has 0 N–H and O–H groups in total. The summed E-state index contributed by atoms with van der Waals surface area (Å²) in [5.41, 5.74) is 0. The summed E-state index contributed by atoms with van der Waals surface area (Å²) >= 11 is 0. The number of carbonyl (C=O) groups excluding carboxylic acids is 2. The van der Waals surface area contributed by atoms with E-state index in [0.29, 0.717) is 17.4 Å². The van der Waals surface area contributed by atoms with Crippen molar-refractivity contribution in [1.29, 1.82) is 0 Å². The molecule has 0 saturated heterocycles. The summed E-state index contributed by atoms with van der Waals surface area (Å²) in [4.78, 5) is 38.1. The van der Waals surface area contributed by atoms with Crippen LogP contribution in [0.4, 0.5) is 0 Å². The van der Waals surface area contributed by atoms with Crippen LogP contribution in [0.2, 0.25) is 0 Å². The standard InChI is InChI=1S/C80H152NO8P/c1-6-8-10-12-14-16-18-20-22-24-26-28-30-32-34-35-36-37-38-39-40-41-42-43-44-45-47-49-51-53-55-57-59-61-63-65-67-69-71-73-80(83)89-78(77-88-90(84,85)87-75-74-81(3,4)5)76-86-79(82)72-70-68-66-64-62-60-58-56-54-52-50-48-46-33-31-29-27-25-23-21-19-17-15-13-11-9-7-2/h18-21,24-27,78H,6-17,22-23,28-77H2,1-5H3/b20-18-,21-19-,26-24-,27-25-. The van der Waals surface area contributed by atoms with Crippen molar-refractivity contribution in [2.45, 2.75) is 405 Å². The first kappa shape index (κ1) is 88.0.